The van der Waals surface area contributed by atoms with Crippen LogP contribution in [0.1, 0.15) is 23.0 Å². The van der Waals surface area contributed by atoms with Gasteiger partial charge in [0.2, 0.25) is 0 Å². The van der Waals surface area contributed by atoms with E-state index >= 15 is 8.78 Å². The fourth-order valence-corrected chi connectivity index (χ4v) is 5.99. The number of amides is 1. The SMILES string of the molecule is C/C(N)=C/N(N)c1ccc(S(=O)(=O)Nc2cc(F)c(C(=O)N[C@@H](Cc3ccc(-n4c(=O)c5ccncc5n(C)c4=O)cn3)C(=O)O)cc2F)cc1. The van der Waals surface area contributed by atoms with Crippen LogP contribution < -0.4 is 37.9 Å². The van der Waals surface area contributed by atoms with Crippen molar-refractivity contribution < 1.29 is 31.9 Å². The number of carboxylic acids is 1. The van der Waals surface area contributed by atoms with Gasteiger partial charge in [-0.15, -0.1) is 0 Å². The van der Waals surface area contributed by atoms with E-state index in [0.29, 0.717) is 29.0 Å². The van der Waals surface area contributed by atoms with E-state index in [4.69, 9.17) is 11.6 Å². The molecular formula is C32H29F2N9O7S. The maximum absolute atomic E-state index is 15.1. The zero-order valence-corrected chi connectivity index (χ0v) is 27.6. The Morgan fingerprint density at radius 3 is 2.39 bits per heavy atom. The number of nitrogens with zero attached hydrogens (tertiary/aromatic N) is 5. The zero-order chi connectivity index (χ0) is 37.2. The maximum atomic E-state index is 15.1. The van der Waals surface area contributed by atoms with Gasteiger partial charge in [-0.1, -0.05) is 0 Å². The van der Waals surface area contributed by atoms with E-state index in [2.05, 4.69) is 15.3 Å². The molecule has 16 nitrogen and oxygen atoms in total. The molecule has 0 aliphatic heterocycles. The van der Waals surface area contributed by atoms with Crippen LogP contribution in [0, 0.1) is 11.6 Å². The molecule has 0 saturated heterocycles. The van der Waals surface area contributed by atoms with Crippen LogP contribution >= 0.6 is 0 Å². The van der Waals surface area contributed by atoms with Crippen molar-refractivity contribution in [2.45, 2.75) is 24.3 Å². The van der Waals surface area contributed by atoms with Crippen molar-refractivity contribution in [3.8, 4) is 5.69 Å². The van der Waals surface area contributed by atoms with E-state index in [-0.39, 0.29) is 21.7 Å². The first kappa shape index (κ1) is 35.8. The fraction of sp³-hybridized carbons (Fsp3) is 0.125. The van der Waals surface area contributed by atoms with Crippen LogP contribution in [0.15, 0.2) is 99.6 Å². The summed E-state index contributed by atoms with van der Waals surface area (Å²) in [6, 6.07) is 8.37. The summed E-state index contributed by atoms with van der Waals surface area (Å²) in [5.74, 6) is 0.297. The Balaban J connectivity index is 1.31. The number of hydrazine groups is 1. The van der Waals surface area contributed by atoms with Crippen LogP contribution in [0.3, 0.4) is 0 Å². The number of carbonyl (C=O) groups is 2. The number of aryl methyl sites for hydroxylation is 1. The largest absolute Gasteiger partial charge is 0.480 e. The molecule has 3 heterocycles. The summed E-state index contributed by atoms with van der Waals surface area (Å²) in [4.78, 5) is 58.6. The molecule has 5 aromatic rings. The van der Waals surface area contributed by atoms with Gasteiger partial charge in [0.05, 0.1) is 50.8 Å². The van der Waals surface area contributed by atoms with Gasteiger partial charge in [0.1, 0.15) is 17.7 Å². The lowest BCUT2D eigenvalue weighted by Crippen LogP contribution is -2.42. The number of hydrogen-bond donors (Lipinski definition) is 5. The van der Waals surface area contributed by atoms with Crippen molar-refractivity contribution >= 4 is 44.2 Å². The number of anilines is 2. The second-order valence-corrected chi connectivity index (χ2v) is 12.8. The highest BCUT2D eigenvalue weighted by atomic mass is 32.2. The highest BCUT2D eigenvalue weighted by Crippen LogP contribution is 2.24. The van der Waals surface area contributed by atoms with E-state index in [0.717, 1.165) is 9.58 Å². The Hall–Kier alpha value is -6.47. The Bertz CT molecular complexity index is 2430. The molecular weight excluding hydrogens is 692 g/mol. The Kier molecular flexibility index (Phi) is 9.96. The quantitative estimate of drug-likeness (QED) is 0.0964. The van der Waals surface area contributed by atoms with Crippen molar-refractivity contribution in [3.63, 3.8) is 0 Å². The number of benzene rings is 2. The fourth-order valence-electron chi connectivity index (χ4n) is 4.93. The summed E-state index contributed by atoms with van der Waals surface area (Å²) in [5.41, 5.74) is 3.83. The minimum absolute atomic E-state index is 0.0847. The second-order valence-electron chi connectivity index (χ2n) is 11.1. The van der Waals surface area contributed by atoms with Gasteiger partial charge in [0, 0.05) is 43.3 Å². The number of hydrogen-bond acceptors (Lipinski definition) is 11. The predicted octanol–water partition coefficient (Wildman–Crippen LogP) is 1.48. The lowest BCUT2D eigenvalue weighted by atomic mass is 10.1. The van der Waals surface area contributed by atoms with Crippen LogP contribution in [0.5, 0.6) is 0 Å². The topological polar surface area (TPSA) is 238 Å². The number of halogens is 2. The van der Waals surface area contributed by atoms with E-state index in [1.807, 2.05) is 4.72 Å². The number of carboxylic acid groups (broad SMARTS) is 1. The first-order valence-corrected chi connectivity index (χ1v) is 16.2. The van der Waals surface area contributed by atoms with Gasteiger partial charge in [0.15, 0.2) is 0 Å². The number of pyridine rings is 2. The van der Waals surface area contributed by atoms with Crippen LogP contribution in [-0.4, -0.2) is 50.5 Å². The van der Waals surface area contributed by atoms with Crippen molar-refractivity contribution in [2.24, 2.45) is 18.6 Å². The van der Waals surface area contributed by atoms with Crippen LogP contribution in [0.25, 0.3) is 16.6 Å². The summed E-state index contributed by atoms with van der Waals surface area (Å²) in [7, 11) is -2.97. The number of fused-ring (bicyclic) bond motifs is 1. The van der Waals surface area contributed by atoms with Gasteiger partial charge < -0.3 is 16.2 Å². The molecule has 5 rings (SSSR count). The highest BCUT2D eigenvalue weighted by Gasteiger charge is 2.26. The molecule has 0 spiro atoms. The monoisotopic (exact) mass is 721 g/mol. The molecule has 0 bridgehead atoms. The van der Waals surface area contributed by atoms with Crippen molar-refractivity contribution in [2.75, 3.05) is 9.73 Å². The van der Waals surface area contributed by atoms with Crippen molar-refractivity contribution in [1.29, 1.82) is 0 Å². The molecule has 0 fully saturated rings. The lowest BCUT2D eigenvalue weighted by Gasteiger charge is -2.16. The normalized spacial score (nSPS) is 12.4. The molecule has 0 saturated carbocycles. The van der Waals surface area contributed by atoms with E-state index in [1.165, 1.54) is 78.9 Å². The summed E-state index contributed by atoms with van der Waals surface area (Å²) in [5, 5.41) is 13.2. The Morgan fingerprint density at radius 2 is 1.76 bits per heavy atom. The molecule has 51 heavy (non-hydrogen) atoms. The standard InChI is InChI=1S/C32H29F2N9O7S/c1-17(35)16-42(36)19-5-7-21(8-6-19)51(49,50)40-26-13-24(33)23(12-25(26)34)29(44)39-27(31(46)47)11-18-3-4-20(14-38-18)43-30(45)22-9-10-37-15-28(22)41(2)32(43)48/h3-10,12-16,27,40H,11,35-36H2,1-2H3,(H,39,44)(H,46,47)/b17-16-/t27-/m0/s1. The maximum Gasteiger partial charge on any atom is 0.335 e. The third-order valence-corrected chi connectivity index (χ3v) is 8.87. The number of rotatable bonds is 11. The first-order valence-electron chi connectivity index (χ1n) is 14.7. The van der Waals surface area contributed by atoms with Crippen molar-refractivity contribution in [1.82, 2.24) is 24.4 Å². The smallest absolute Gasteiger partial charge is 0.335 e. The van der Waals surface area contributed by atoms with Gasteiger partial charge in [-0.2, -0.15) is 0 Å². The van der Waals surface area contributed by atoms with Crippen LogP contribution in [0.4, 0.5) is 20.2 Å². The zero-order valence-electron chi connectivity index (χ0n) is 26.7. The Morgan fingerprint density at radius 1 is 1.06 bits per heavy atom. The summed E-state index contributed by atoms with van der Waals surface area (Å²) < 4.78 is 59.9. The number of allylic oxidation sites excluding steroid dienone is 1. The van der Waals surface area contributed by atoms with Crippen LogP contribution in [0.2, 0.25) is 0 Å². The van der Waals surface area contributed by atoms with Gasteiger partial charge in [-0.05, 0) is 55.5 Å². The number of aromatic nitrogens is 4. The summed E-state index contributed by atoms with van der Waals surface area (Å²) >= 11 is 0. The molecule has 0 aliphatic rings. The lowest BCUT2D eigenvalue weighted by molar-refractivity contribution is -0.139. The van der Waals surface area contributed by atoms with Crippen molar-refractivity contribution in [3.05, 3.63) is 129 Å². The number of carbonyl (C=O) groups excluding carboxylic acids is 1. The molecule has 0 unspecified atom stereocenters. The molecule has 2 aromatic carbocycles. The number of nitrogens with two attached hydrogens (primary N) is 2. The van der Waals surface area contributed by atoms with Gasteiger partial charge in [-0.3, -0.25) is 33.9 Å². The molecule has 0 radical (unpaired) electrons. The molecule has 0 aliphatic carbocycles. The summed E-state index contributed by atoms with van der Waals surface area (Å²) in [6.45, 7) is 1.59. The predicted molar refractivity (Wildman–Crippen MR) is 181 cm³/mol. The van der Waals surface area contributed by atoms with E-state index in [9.17, 15) is 32.7 Å². The third-order valence-electron chi connectivity index (χ3n) is 7.49. The van der Waals surface area contributed by atoms with Gasteiger partial charge in [0.25, 0.3) is 21.5 Å². The first-order chi connectivity index (χ1) is 24.1. The minimum atomic E-state index is -4.43. The van der Waals surface area contributed by atoms with Gasteiger partial charge >= 0.3 is 11.7 Å². The molecule has 264 valence electrons. The summed E-state index contributed by atoms with van der Waals surface area (Å²) in [6.07, 6.45) is 4.91. The molecule has 3 aromatic heterocycles. The Labute approximate surface area is 287 Å². The third kappa shape index (κ3) is 7.58. The van der Waals surface area contributed by atoms with Crippen LogP contribution in [-0.2, 0) is 28.3 Å². The second kappa shape index (κ2) is 14.2. The highest BCUT2D eigenvalue weighted by molar-refractivity contribution is 7.92. The molecule has 7 N–H and O–H groups in total. The number of sulfonamides is 1. The van der Waals surface area contributed by atoms with E-state index in [1.54, 1.807) is 6.92 Å². The molecule has 1 amide bonds. The van der Waals surface area contributed by atoms with Gasteiger partial charge in [-0.25, -0.2) is 37.2 Å². The number of nitrogens with one attached hydrogen (secondary N) is 2. The average molecular weight is 722 g/mol. The number of aliphatic carboxylic acids is 1. The average Bonchev–Trinajstić information content (AvgIpc) is 3.08. The molecule has 19 heteroatoms. The molecule has 1 atom stereocenters. The van der Waals surface area contributed by atoms with E-state index < -0.39 is 68.5 Å². The minimum Gasteiger partial charge on any atom is -0.480 e.